The van der Waals surface area contributed by atoms with E-state index < -0.39 is 18.8 Å². The molecule has 16 heavy (non-hydrogen) atoms. The van der Waals surface area contributed by atoms with Crippen LogP contribution in [0.5, 0.6) is 0 Å². The van der Waals surface area contributed by atoms with Gasteiger partial charge < -0.3 is 10.4 Å². The number of benzene rings is 1. The minimum Gasteiger partial charge on any atom is -0.382 e. The first-order valence-electron chi connectivity index (χ1n) is 4.42. The van der Waals surface area contributed by atoms with Gasteiger partial charge in [0.05, 0.1) is 11.6 Å². The summed E-state index contributed by atoms with van der Waals surface area (Å²) in [6.45, 7) is -0.640. The largest absolute Gasteiger partial charge is 0.416 e. The lowest BCUT2D eigenvalue weighted by atomic mass is 10.2. The Morgan fingerprint density at radius 1 is 1.44 bits per heavy atom. The van der Waals surface area contributed by atoms with E-state index in [4.69, 9.17) is 10.4 Å². The molecule has 0 saturated carbocycles. The van der Waals surface area contributed by atoms with Crippen molar-refractivity contribution in [1.29, 1.82) is 5.26 Å². The topological polar surface area (TPSA) is 56.0 Å². The maximum atomic E-state index is 12.0. The molecule has 3 nitrogen and oxygen atoms in total. The Hall–Kier alpha value is -1.74. The molecule has 0 radical (unpaired) electrons. The Morgan fingerprint density at radius 2 is 2.12 bits per heavy atom. The van der Waals surface area contributed by atoms with Crippen LogP contribution in [-0.4, -0.2) is 23.9 Å². The van der Waals surface area contributed by atoms with E-state index in [1.807, 2.05) is 6.07 Å². The van der Waals surface area contributed by atoms with Gasteiger partial charge in [0.1, 0.15) is 0 Å². The van der Waals surface area contributed by atoms with Crippen molar-refractivity contribution in [3.05, 3.63) is 29.8 Å². The zero-order valence-electron chi connectivity index (χ0n) is 8.12. The van der Waals surface area contributed by atoms with Gasteiger partial charge in [-0.2, -0.15) is 18.4 Å². The highest BCUT2D eigenvalue weighted by Gasteiger charge is 2.37. The molecular formula is C10H9F3N2O. The summed E-state index contributed by atoms with van der Waals surface area (Å²) < 4.78 is 35.9. The predicted octanol–water partition coefficient (Wildman–Crippen LogP) is 1.89. The first-order chi connectivity index (χ1) is 7.43. The third-order valence-electron chi connectivity index (χ3n) is 1.87. The standard InChI is InChI=1S/C10H9F3N2O/c11-10(12,13)9(16)6-15-8-3-1-2-7(4-8)5-14/h1-4,9,15-16H,6H2. The lowest BCUT2D eigenvalue weighted by Crippen LogP contribution is -2.34. The van der Waals surface area contributed by atoms with Crippen molar-refractivity contribution in [2.45, 2.75) is 12.3 Å². The van der Waals surface area contributed by atoms with Gasteiger partial charge in [-0.1, -0.05) is 6.07 Å². The Bertz CT molecular complexity index is 398. The third kappa shape index (κ3) is 3.44. The van der Waals surface area contributed by atoms with E-state index in [9.17, 15) is 13.2 Å². The first-order valence-corrected chi connectivity index (χ1v) is 4.42. The Labute approximate surface area is 90.1 Å². The molecule has 0 bridgehead atoms. The maximum Gasteiger partial charge on any atom is 0.416 e. The summed E-state index contributed by atoms with van der Waals surface area (Å²) in [4.78, 5) is 0. The number of aliphatic hydroxyl groups excluding tert-OH is 1. The van der Waals surface area contributed by atoms with E-state index in [2.05, 4.69) is 5.32 Å². The van der Waals surface area contributed by atoms with Gasteiger partial charge >= 0.3 is 6.18 Å². The average molecular weight is 230 g/mol. The average Bonchev–Trinajstić information content (AvgIpc) is 2.25. The molecular weight excluding hydrogens is 221 g/mol. The Kier molecular flexibility index (Phi) is 3.74. The van der Waals surface area contributed by atoms with Crippen LogP contribution >= 0.6 is 0 Å². The highest BCUT2D eigenvalue weighted by atomic mass is 19.4. The van der Waals surface area contributed by atoms with Crippen molar-refractivity contribution in [3.8, 4) is 6.07 Å². The van der Waals surface area contributed by atoms with E-state index in [0.29, 0.717) is 11.3 Å². The molecule has 0 saturated heterocycles. The quantitative estimate of drug-likeness (QED) is 0.833. The number of nitrogens with one attached hydrogen (secondary N) is 1. The van der Waals surface area contributed by atoms with Crippen molar-refractivity contribution < 1.29 is 18.3 Å². The van der Waals surface area contributed by atoms with Crippen LogP contribution in [0.15, 0.2) is 24.3 Å². The molecule has 1 atom stereocenters. The van der Waals surface area contributed by atoms with Gasteiger partial charge in [-0.05, 0) is 18.2 Å². The second-order valence-electron chi connectivity index (χ2n) is 3.13. The number of rotatable bonds is 3. The zero-order chi connectivity index (χ0) is 12.2. The van der Waals surface area contributed by atoms with Crippen LogP contribution in [0.25, 0.3) is 0 Å². The summed E-state index contributed by atoms with van der Waals surface area (Å²) in [5, 5.41) is 19.7. The Balaban J connectivity index is 2.59. The van der Waals surface area contributed by atoms with Gasteiger partial charge in [-0.25, -0.2) is 0 Å². The predicted molar refractivity (Wildman–Crippen MR) is 51.7 cm³/mol. The van der Waals surface area contributed by atoms with E-state index in [0.717, 1.165) is 0 Å². The number of anilines is 1. The third-order valence-corrected chi connectivity index (χ3v) is 1.87. The van der Waals surface area contributed by atoms with Gasteiger partial charge in [0.2, 0.25) is 0 Å². The van der Waals surface area contributed by atoms with Gasteiger partial charge in [-0.3, -0.25) is 0 Å². The molecule has 0 aromatic heterocycles. The van der Waals surface area contributed by atoms with E-state index in [-0.39, 0.29) is 0 Å². The molecule has 1 unspecified atom stereocenters. The number of nitriles is 1. The molecule has 0 heterocycles. The van der Waals surface area contributed by atoms with Crippen molar-refractivity contribution in [1.82, 2.24) is 0 Å². The summed E-state index contributed by atoms with van der Waals surface area (Å²) in [6, 6.07) is 7.86. The molecule has 2 N–H and O–H groups in total. The molecule has 0 aliphatic carbocycles. The monoisotopic (exact) mass is 230 g/mol. The molecule has 0 spiro atoms. The van der Waals surface area contributed by atoms with Crippen LogP contribution in [0.4, 0.5) is 18.9 Å². The molecule has 0 fully saturated rings. The van der Waals surface area contributed by atoms with Crippen molar-refractivity contribution in [2.75, 3.05) is 11.9 Å². The molecule has 0 amide bonds. The summed E-state index contributed by atoms with van der Waals surface area (Å²) in [5.41, 5.74) is 0.703. The van der Waals surface area contributed by atoms with Crippen molar-refractivity contribution in [2.24, 2.45) is 0 Å². The van der Waals surface area contributed by atoms with Crippen molar-refractivity contribution >= 4 is 5.69 Å². The van der Waals surface area contributed by atoms with Crippen LogP contribution in [0.2, 0.25) is 0 Å². The second-order valence-corrected chi connectivity index (χ2v) is 3.13. The molecule has 1 aromatic rings. The molecule has 0 aliphatic heterocycles. The van der Waals surface area contributed by atoms with Crippen LogP contribution < -0.4 is 5.32 Å². The lowest BCUT2D eigenvalue weighted by molar-refractivity contribution is -0.198. The number of hydrogen-bond donors (Lipinski definition) is 2. The molecule has 0 aliphatic rings. The summed E-state index contributed by atoms with van der Waals surface area (Å²) in [6.07, 6.45) is -7.06. The highest BCUT2D eigenvalue weighted by molar-refractivity contribution is 5.49. The fraction of sp³-hybridized carbons (Fsp3) is 0.300. The van der Waals surface area contributed by atoms with Gasteiger partial charge in [0.25, 0.3) is 0 Å². The number of nitrogens with zero attached hydrogens (tertiary/aromatic N) is 1. The molecule has 6 heteroatoms. The molecule has 1 rings (SSSR count). The van der Waals surface area contributed by atoms with Crippen molar-refractivity contribution in [3.63, 3.8) is 0 Å². The highest BCUT2D eigenvalue weighted by Crippen LogP contribution is 2.20. The number of aliphatic hydroxyl groups is 1. The fourth-order valence-corrected chi connectivity index (χ4v) is 1.03. The van der Waals surface area contributed by atoms with E-state index in [1.54, 1.807) is 6.07 Å². The summed E-state index contributed by atoms with van der Waals surface area (Å²) >= 11 is 0. The SMILES string of the molecule is N#Cc1cccc(NCC(O)C(F)(F)F)c1. The zero-order valence-corrected chi connectivity index (χ0v) is 8.12. The lowest BCUT2D eigenvalue weighted by Gasteiger charge is -2.15. The van der Waals surface area contributed by atoms with Crippen LogP contribution in [0.3, 0.4) is 0 Å². The van der Waals surface area contributed by atoms with Gasteiger partial charge in [0.15, 0.2) is 6.10 Å². The summed E-state index contributed by atoms with van der Waals surface area (Å²) in [7, 11) is 0. The maximum absolute atomic E-state index is 12.0. The fourth-order valence-electron chi connectivity index (χ4n) is 1.03. The minimum atomic E-state index is -4.64. The normalized spacial score (nSPS) is 12.9. The number of alkyl halides is 3. The molecule has 86 valence electrons. The minimum absolute atomic E-state index is 0.339. The van der Waals surface area contributed by atoms with Crippen LogP contribution in [-0.2, 0) is 0 Å². The van der Waals surface area contributed by atoms with Gasteiger partial charge in [-0.15, -0.1) is 0 Å². The van der Waals surface area contributed by atoms with E-state index in [1.165, 1.54) is 18.2 Å². The Morgan fingerprint density at radius 3 is 2.69 bits per heavy atom. The van der Waals surface area contributed by atoms with Gasteiger partial charge in [0, 0.05) is 12.2 Å². The van der Waals surface area contributed by atoms with E-state index >= 15 is 0 Å². The smallest absolute Gasteiger partial charge is 0.382 e. The number of halogens is 3. The number of hydrogen-bond acceptors (Lipinski definition) is 3. The van der Waals surface area contributed by atoms with Crippen LogP contribution in [0, 0.1) is 11.3 Å². The second kappa shape index (κ2) is 4.86. The van der Waals surface area contributed by atoms with Crippen LogP contribution in [0.1, 0.15) is 5.56 Å². The summed E-state index contributed by atoms with van der Waals surface area (Å²) in [5.74, 6) is 0. The molecule has 1 aromatic carbocycles. The first kappa shape index (κ1) is 12.3.